The number of phenolic OH excluding ortho intramolecular Hbond substituents is 1. The predicted molar refractivity (Wildman–Crippen MR) is 67.4 cm³/mol. The van der Waals surface area contributed by atoms with Crippen molar-refractivity contribution < 1.29 is 20.1 Å². The van der Waals surface area contributed by atoms with Crippen LogP contribution in [-0.2, 0) is 6.61 Å². The van der Waals surface area contributed by atoms with Crippen LogP contribution < -0.4 is 0 Å². The van der Waals surface area contributed by atoms with E-state index in [1.165, 1.54) is 24.3 Å². The average molecular weight is 246 g/mol. The monoisotopic (exact) mass is 246 g/mol. The van der Waals surface area contributed by atoms with Gasteiger partial charge in [-0.05, 0) is 29.8 Å². The minimum Gasteiger partial charge on any atom is -0.508 e. The molecule has 94 valence electrons. The molecule has 0 spiro atoms. The van der Waals surface area contributed by atoms with Crippen LogP contribution in [0, 0.1) is 0 Å². The number of benzene rings is 2. The number of hydrogen-bond acceptors (Lipinski definition) is 3. The van der Waals surface area contributed by atoms with Crippen LogP contribution in [0.5, 0.6) is 5.75 Å². The highest BCUT2D eigenvalue weighted by Crippen LogP contribution is 2.08. The Morgan fingerprint density at radius 3 is 1.89 bits per heavy atom. The highest BCUT2D eigenvalue weighted by atomic mass is 16.4. The topological polar surface area (TPSA) is 77.8 Å². The van der Waals surface area contributed by atoms with Crippen molar-refractivity contribution in [2.24, 2.45) is 0 Å². The lowest BCUT2D eigenvalue weighted by Gasteiger charge is -1.92. The second kappa shape index (κ2) is 7.09. The maximum absolute atomic E-state index is 10.2. The molecule has 0 bridgehead atoms. The van der Waals surface area contributed by atoms with Gasteiger partial charge in [0.2, 0.25) is 0 Å². The van der Waals surface area contributed by atoms with Crippen molar-refractivity contribution in [3.63, 3.8) is 0 Å². The van der Waals surface area contributed by atoms with Gasteiger partial charge in [-0.25, -0.2) is 4.79 Å². The van der Waals surface area contributed by atoms with Gasteiger partial charge in [-0.1, -0.05) is 30.3 Å². The summed E-state index contributed by atoms with van der Waals surface area (Å²) in [5, 5.41) is 25.7. The van der Waals surface area contributed by atoms with Crippen LogP contribution in [0.25, 0.3) is 0 Å². The number of aliphatic hydroxyl groups is 1. The summed E-state index contributed by atoms with van der Waals surface area (Å²) in [5.41, 5.74) is 1.14. The molecule has 0 aliphatic heterocycles. The first-order valence-corrected chi connectivity index (χ1v) is 5.30. The molecular formula is C14H14O4. The van der Waals surface area contributed by atoms with Gasteiger partial charge < -0.3 is 15.3 Å². The molecule has 0 aromatic heterocycles. The van der Waals surface area contributed by atoms with Gasteiger partial charge in [0, 0.05) is 0 Å². The van der Waals surface area contributed by atoms with E-state index in [1.54, 1.807) is 0 Å². The van der Waals surface area contributed by atoms with E-state index in [1.807, 2.05) is 30.3 Å². The highest BCUT2D eigenvalue weighted by Gasteiger charge is 1.99. The van der Waals surface area contributed by atoms with Crippen LogP contribution in [0.2, 0.25) is 0 Å². The van der Waals surface area contributed by atoms with Crippen molar-refractivity contribution in [3.8, 4) is 5.75 Å². The third-order valence-electron chi connectivity index (χ3n) is 2.14. The van der Waals surface area contributed by atoms with Gasteiger partial charge in [-0.2, -0.15) is 0 Å². The number of aromatic carboxylic acids is 1. The SMILES string of the molecule is O=C(O)c1ccc(O)cc1.OCc1ccccc1. The maximum atomic E-state index is 10.2. The fourth-order valence-corrected chi connectivity index (χ4v) is 1.19. The van der Waals surface area contributed by atoms with Crippen molar-refractivity contribution in [2.45, 2.75) is 6.61 Å². The summed E-state index contributed by atoms with van der Waals surface area (Å²) in [6, 6.07) is 14.9. The zero-order valence-corrected chi connectivity index (χ0v) is 9.65. The predicted octanol–water partition coefficient (Wildman–Crippen LogP) is 2.27. The lowest BCUT2D eigenvalue weighted by Crippen LogP contribution is -1.93. The minimum absolute atomic E-state index is 0.0741. The molecule has 0 saturated carbocycles. The van der Waals surface area contributed by atoms with E-state index < -0.39 is 5.97 Å². The lowest BCUT2D eigenvalue weighted by atomic mass is 10.2. The molecule has 0 aliphatic rings. The van der Waals surface area contributed by atoms with Crippen LogP contribution in [0.15, 0.2) is 54.6 Å². The molecule has 2 rings (SSSR count). The van der Waals surface area contributed by atoms with Gasteiger partial charge in [0.05, 0.1) is 12.2 Å². The number of carboxylic acids is 1. The van der Waals surface area contributed by atoms with E-state index in [2.05, 4.69) is 0 Å². The average Bonchev–Trinajstić information content (AvgIpc) is 2.41. The van der Waals surface area contributed by atoms with Crippen molar-refractivity contribution in [1.29, 1.82) is 0 Å². The first-order chi connectivity index (χ1) is 8.63. The Labute approximate surface area is 105 Å². The molecule has 4 heteroatoms. The summed E-state index contributed by atoms with van der Waals surface area (Å²) in [6.07, 6.45) is 0. The second-order valence-corrected chi connectivity index (χ2v) is 3.50. The summed E-state index contributed by atoms with van der Waals surface area (Å²) in [7, 11) is 0. The van der Waals surface area contributed by atoms with Crippen LogP contribution in [0.1, 0.15) is 15.9 Å². The van der Waals surface area contributed by atoms with Crippen molar-refractivity contribution >= 4 is 5.97 Å². The standard InChI is InChI=1S/C7H6O3.C7H8O/c8-6-3-1-5(2-4-6)7(9)10;8-6-7-4-2-1-3-5-7/h1-4,8H,(H,9,10);1-5,8H,6H2. The number of carbonyl (C=O) groups is 1. The summed E-state index contributed by atoms with van der Waals surface area (Å²) in [4.78, 5) is 10.2. The quantitative estimate of drug-likeness (QED) is 0.759. The van der Waals surface area contributed by atoms with Crippen LogP contribution in [0.3, 0.4) is 0 Å². The van der Waals surface area contributed by atoms with Gasteiger partial charge in [0.15, 0.2) is 0 Å². The number of aliphatic hydroxyl groups excluding tert-OH is 1. The van der Waals surface area contributed by atoms with E-state index in [9.17, 15) is 4.79 Å². The molecule has 2 aromatic carbocycles. The molecule has 2 aromatic rings. The molecule has 0 radical (unpaired) electrons. The Morgan fingerprint density at radius 1 is 0.944 bits per heavy atom. The van der Waals surface area contributed by atoms with Gasteiger partial charge in [0.25, 0.3) is 0 Å². The summed E-state index contributed by atoms with van der Waals surface area (Å²) >= 11 is 0. The maximum Gasteiger partial charge on any atom is 0.335 e. The molecule has 0 atom stereocenters. The van der Waals surface area contributed by atoms with Gasteiger partial charge in [-0.3, -0.25) is 0 Å². The smallest absolute Gasteiger partial charge is 0.335 e. The van der Waals surface area contributed by atoms with Gasteiger partial charge in [-0.15, -0.1) is 0 Å². The Kier molecular flexibility index (Phi) is 5.41. The zero-order valence-electron chi connectivity index (χ0n) is 9.65. The van der Waals surface area contributed by atoms with Crippen molar-refractivity contribution in [3.05, 3.63) is 65.7 Å². The second-order valence-electron chi connectivity index (χ2n) is 3.50. The molecule has 0 amide bonds. The lowest BCUT2D eigenvalue weighted by molar-refractivity contribution is 0.0697. The molecular weight excluding hydrogens is 232 g/mol. The largest absolute Gasteiger partial charge is 0.508 e. The summed E-state index contributed by atoms with van der Waals surface area (Å²) in [5.74, 6) is -0.912. The van der Waals surface area contributed by atoms with Crippen LogP contribution in [0.4, 0.5) is 0 Å². The molecule has 0 fully saturated rings. The molecule has 0 aliphatic carbocycles. The van der Waals surface area contributed by atoms with Gasteiger partial charge in [0.1, 0.15) is 5.75 Å². The fourth-order valence-electron chi connectivity index (χ4n) is 1.19. The van der Waals surface area contributed by atoms with E-state index in [-0.39, 0.29) is 17.9 Å². The molecule has 0 saturated heterocycles. The number of hydrogen-bond donors (Lipinski definition) is 3. The van der Waals surface area contributed by atoms with E-state index in [0.29, 0.717) is 0 Å². The zero-order chi connectivity index (χ0) is 13.4. The highest BCUT2D eigenvalue weighted by molar-refractivity contribution is 5.87. The molecule has 18 heavy (non-hydrogen) atoms. The number of phenols is 1. The first kappa shape index (κ1) is 13.7. The van der Waals surface area contributed by atoms with Crippen LogP contribution in [-0.4, -0.2) is 21.3 Å². The molecule has 4 nitrogen and oxygen atoms in total. The first-order valence-electron chi connectivity index (χ1n) is 5.30. The Bertz CT molecular complexity index is 477. The Hall–Kier alpha value is -2.33. The summed E-state index contributed by atoms with van der Waals surface area (Å²) in [6.45, 7) is 0.140. The van der Waals surface area contributed by atoms with E-state index >= 15 is 0 Å². The number of aromatic hydroxyl groups is 1. The Balaban J connectivity index is 0.000000184. The molecule has 3 N–H and O–H groups in total. The molecule has 0 unspecified atom stereocenters. The van der Waals surface area contributed by atoms with Crippen molar-refractivity contribution in [1.82, 2.24) is 0 Å². The molecule has 0 heterocycles. The van der Waals surface area contributed by atoms with Gasteiger partial charge >= 0.3 is 5.97 Å². The third kappa shape index (κ3) is 4.67. The fraction of sp³-hybridized carbons (Fsp3) is 0.0714. The van der Waals surface area contributed by atoms with E-state index in [0.717, 1.165) is 5.56 Å². The number of rotatable bonds is 2. The van der Waals surface area contributed by atoms with E-state index in [4.69, 9.17) is 15.3 Å². The Morgan fingerprint density at radius 2 is 1.50 bits per heavy atom. The normalized spacial score (nSPS) is 9.17. The summed E-state index contributed by atoms with van der Waals surface area (Å²) < 4.78 is 0. The third-order valence-corrected chi connectivity index (χ3v) is 2.14. The number of carboxylic acid groups (broad SMARTS) is 1. The van der Waals surface area contributed by atoms with Crippen molar-refractivity contribution in [2.75, 3.05) is 0 Å². The van der Waals surface area contributed by atoms with Crippen LogP contribution >= 0.6 is 0 Å². The minimum atomic E-state index is -0.986.